The second-order valence-electron chi connectivity index (χ2n) is 11.4. The quantitative estimate of drug-likeness (QED) is 0.771. The summed E-state index contributed by atoms with van der Waals surface area (Å²) in [6, 6.07) is 6.30. The van der Waals surface area contributed by atoms with Gasteiger partial charge < -0.3 is 15.3 Å². The largest absolute Gasteiger partial charge is 0.390 e. The molecule has 1 amide bonds. The van der Waals surface area contributed by atoms with Gasteiger partial charge in [0.2, 0.25) is 11.9 Å². The number of fused-ring (bicyclic) bond motifs is 1. The first kappa shape index (κ1) is 20.4. The summed E-state index contributed by atoms with van der Waals surface area (Å²) in [6.45, 7) is 5.67. The van der Waals surface area contributed by atoms with Crippen LogP contribution in [0.1, 0.15) is 62.6 Å². The van der Waals surface area contributed by atoms with Crippen LogP contribution in [0.3, 0.4) is 0 Å². The number of aliphatic hydroxyl groups is 1. The molecule has 1 aromatic heterocycles. The lowest BCUT2D eigenvalue weighted by Crippen LogP contribution is -2.66. The van der Waals surface area contributed by atoms with Crippen molar-refractivity contribution in [3.05, 3.63) is 29.5 Å². The summed E-state index contributed by atoms with van der Waals surface area (Å²) in [7, 11) is 0. The molecule has 170 valence electrons. The van der Waals surface area contributed by atoms with E-state index < -0.39 is 5.60 Å². The van der Waals surface area contributed by atoms with Crippen LogP contribution < -0.4 is 10.2 Å². The Bertz CT molecular complexity index is 1070. The van der Waals surface area contributed by atoms with Gasteiger partial charge in [-0.05, 0) is 88.7 Å². The molecule has 5 aliphatic rings. The highest BCUT2D eigenvalue weighted by Crippen LogP contribution is 2.57. The zero-order valence-electron chi connectivity index (χ0n) is 19.2. The summed E-state index contributed by atoms with van der Waals surface area (Å²) in [5.74, 6) is 1.99. The molecule has 0 radical (unpaired) electrons. The van der Waals surface area contributed by atoms with Crippen LogP contribution in [0, 0.1) is 31.6 Å². The number of nitrogens with one attached hydrogen (secondary N) is 1. The maximum Gasteiger partial charge on any atom is 0.226 e. The van der Waals surface area contributed by atoms with Gasteiger partial charge in [0, 0.05) is 24.0 Å². The second-order valence-corrected chi connectivity index (χ2v) is 11.4. The molecule has 4 saturated carbocycles. The SMILES string of the molecule is Cc1ccc2c(C)nc(N3CCC[C@@H](C(=O)NC45C[C@@H]6C[C@H](CC(O)(C6)C4)C5)C3)nc2c1. The molecule has 6 nitrogen and oxygen atoms in total. The van der Waals surface area contributed by atoms with Crippen LogP contribution in [-0.2, 0) is 4.79 Å². The predicted octanol–water partition coefficient (Wildman–Crippen LogP) is 3.66. The number of rotatable bonds is 3. The van der Waals surface area contributed by atoms with Crippen molar-refractivity contribution < 1.29 is 9.90 Å². The van der Waals surface area contributed by atoms with Gasteiger partial charge in [0.05, 0.1) is 22.7 Å². The van der Waals surface area contributed by atoms with Crippen LogP contribution in [0.5, 0.6) is 0 Å². The van der Waals surface area contributed by atoms with E-state index in [1.165, 1.54) is 12.0 Å². The third kappa shape index (κ3) is 3.47. The lowest BCUT2D eigenvalue weighted by Gasteiger charge is -2.60. The topological polar surface area (TPSA) is 78.4 Å². The van der Waals surface area contributed by atoms with Crippen molar-refractivity contribution in [1.29, 1.82) is 0 Å². The van der Waals surface area contributed by atoms with E-state index in [1.807, 2.05) is 6.92 Å². The number of hydrogen-bond acceptors (Lipinski definition) is 5. The first-order valence-corrected chi connectivity index (χ1v) is 12.3. The number of nitrogens with zero attached hydrogens (tertiary/aromatic N) is 3. The molecule has 2 aromatic rings. The molecule has 1 aliphatic heterocycles. The van der Waals surface area contributed by atoms with Gasteiger partial charge >= 0.3 is 0 Å². The van der Waals surface area contributed by atoms with E-state index in [0.29, 0.717) is 18.4 Å². The lowest BCUT2D eigenvalue weighted by atomic mass is 9.51. The summed E-state index contributed by atoms with van der Waals surface area (Å²) in [5.41, 5.74) is 2.41. The van der Waals surface area contributed by atoms with Crippen molar-refractivity contribution in [3.63, 3.8) is 0 Å². The number of anilines is 1. The minimum absolute atomic E-state index is 0.0523. The Morgan fingerprint density at radius 2 is 1.94 bits per heavy atom. The van der Waals surface area contributed by atoms with Crippen LogP contribution in [0.4, 0.5) is 5.95 Å². The molecule has 2 N–H and O–H groups in total. The van der Waals surface area contributed by atoms with Crippen molar-refractivity contribution in [3.8, 4) is 0 Å². The Hall–Kier alpha value is -2.21. The standard InChI is InChI=1S/C26H34N4O2/c1-16-5-6-21-17(2)27-24(28-22(21)8-16)30-7-3-4-20(14-30)23(31)29-25-10-18-9-19(11-25)13-26(32,12-18)15-25/h5-6,8,18-20,32H,3-4,7,9-15H2,1-2H3,(H,29,31)/t18-,19-,20+,25?,26?/m0/s1. The number of hydrogen-bond donors (Lipinski definition) is 2. The van der Waals surface area contributed by atoms with Crippen molar-refractivity contribution in [2.24, 2.45) is 17.8 Å². The summed E-state index contributed by atoms with van der Waals surface area (Å²) in [4.78, 5) is 25.3. The van der Waals surface area contributed by atoms with Gasteiger partial charge in [0.15, 0.2) is 0 Å². The summed E-state index contributed by atoms with van der Waals surface area (Å²) < 4.78 is 0. The fourth-order valence-corrected chi connectivity index (χ4v) is 7.62. The van der Waals surface area contributed by atoms with Crippen LogP contribution in [0.25, 0.3) is 10.9 Å². The number of aryl methyl sites for hydroxylation is 2. The number of benzene rings is 1. The van der Waals surface area contributed by atoms with Crippen molar-refractivity contribution >= 4 is 22.8 Å². The van der Waals surface area contributed by atoms with Crippen LogP contribution in [0.15, 0.2) is 18.2 Å². The Balaban J connectivity index is 1.20. The molecular weight excluding hydrogens is 400 g/mol. The Kier molecular flexibility index (Phi) is 4.55. The van der Waals surface area contributed by atoms with E-state index in [2.05, 4.69) is 35.3 Å². The maximum atomic E-state index is 13.4. The van der Waals surface area contributed by atoms with E-state index in [9.17, 15) is 9.90 Å². The molecule has 1 saturated heterocycles. The fourth-order valence-electron chi connectivity index (χ4n) is 7.62. The highest BCUT2D eigenvalue weighted by Gasteiger charge is 2.57. The van der Waals surface area contributed by atoms with Crippen LogP contribution >= 0.6 is 0 Å². The van der Waals surface area contributed by atoms with E-state index in [-0.39, 0.29) is 17.4 Å². The fraction of sp³-hybridized carbons (Fsp3) is 0.654. The van der Waals surface area contributed by atoms with Crippen molar-refractivity contribution in [1.82, 2.24) is 15.3 Å². The molecule has 0 unspecified atom stereocenters. The monoisotopic (exact) mass is 434 g/mol. The van der Waals surface area contributed by atoms with E-state index in [0.717, 1.165) is 74.0 Å². The van der Waals surface area contributed by atoms with E-state index >= 15 is 0 Å². The smallest absolute Gasteiger partial charge is 0.226 e. The Labute approximate surface area is 189 Å². The van der Waals surface area contributed by atoms with Crippen LogP contribution in [0.2, 0.25) is 0 Å². The van der Waals surface area contributed by atoms with Gasteiger partial charge in [-0.1, -0.05) is 12.1 Å². The number of piperidine rings is 1. The zero-order valence-corrected chi connectivity index (χ0v) is 19.2. The van der Waals surface area contributed by atoms with Crippen molar-refractivity contribution in [2.45, 2.75) is 76.4 Å². The Morgan fingerprint density at radius 1 is 1.16 bits per heavy atom. The van der Waals surface area contributed by atoms with Gasteiger partial charge in [-0.2, -0.15) is 0 Å². The van der Waals surface area contributed by atoms with Gasteiger partial charge in [0.25, 0.3) is 0 Å². The van der Waals surface area contributed by atoms with Gasteiger partial charge in [-0.15, -0.1) is 0 Å². The van der Waals surface area contributed by atoms with Crippen LogP contribution in [-0.4, -0.2) is 45.2 Å². The summed E-state index contributed by atoms with van der Waals surface area (Å²) in [6.07, 6.45) is 7.78. The molecule has 4 bridgehead atoms. The first-order chi connectivity index (χ1) is 15.3. The molecule has 5 fully saturated rings. The molecule has 32 heavy (non-hydrogen) atoms. The van der Waals surface area contributed by atoms with Crippen molar-refractivity contribution in [2.75, 3.05) is 18.0 Å². The highest BCUT2D eigenvalue weighted by atomic mass is 16.3. The third-order valence-electron chi connectivity index (χ3n) is 8.52. The normalized spacial score (nSPS) is 36.0. The molecule has 4 aliphatic carbocycles. The van der Waals surface area contributed by atoms with Gasteiger partial charge in [-0.25, -0.2) is 9.97 Å². The molecule has 1 aromatic carbocycles. The van der Waals surface area contributed by atoms with Gasteiger partial charge in [0.1, 0.15) is 0 Å². The Morgan fingerprint density at radius 3 is 2.69 bits per heavy atom. The average Bonchev–Trinajstić information content (AvgIpc) is 2.71. The minimum atomic E-state index is -0.551. The average molecular weight is 435 g/mol. The van der Waals surface area contributed by atoms with Gasteiger partial charge in [-0.3, -0.25) is 4.79 Å². The summed E-state index contributed by atoms with van der Waals surface area (Å²) in [5, 5.41) is 15.6. The van der Waals surface area contributed by atoms with E-state index in [1.54, 1.807) is 0 Å². The molecular formula is C26H34N4O2. The lowest BCUT2D eigenvalue weighted by molar-refractivity contribution is -0.152. The number of amides is 1. The first-order valence-electron chi connectivity index (χ1n) is 12.3. The zero-order chi connectivity index (χ0) is 22.1. The molecule has 2 heterocycles. The number of carbonyl (C=O) groups excluding carboxylic acids is 1. The predicted molar refractivity (Wildman–Crippen MR) is 124 cm³/mol. The molecule has 7 rings (SSSR count). The highest BCUT2D eigenvalue weighted by molar-refractivity contribution is 5.83. The number of aromatic nitrogens is 2. The maximum absolute atomic E-state index is 13.4. The molecule has 0 spiro atoms. The number of carbonyl (C=O) groups is 1. The van der Waals surface area contributed by atoms with E-state index in [4.69, 9.17) is 9.97 Å². The molecule has 3 atom stereocenters. The molecule has 6 heteroatoms. The minimum Gasteiger partial charge on any atom is -0.390 e. The summed E-state index contributed by atoms with van der Waals surface area (Å²) >= 11 is 0. The second kappa shape index (κ2) is 7.14. The third-order valence-corrected chi connectivity index (χ3v) is 8.52.